The van der Waals surface area contributed by atoms with E-state index >= 15 is 0 Å². The molecule has 1 aromatic carbocycles. The Balaban J connectivity index is 1.67. The van der Waals surface area contributed by atoms with Gasteiger partial charge in [0.25, 0.3) is 5.91 Å². The number of nitrogens with two attached hydrogens (primary N) is 1. The lowest BCUT2D eigenvalue weighted by atomic mass is 9.83. The molecule has 206 valence electrons. The lowest BCUT2D eigenvalue weighted by molar-refractivity contribution is 0.0998. The number of rotatable bonds is 9. The van der Waals surface area contributed by atoms with E-state index in [1.807, 2.05) is 50.4 Å². The van der Waals surface area contributed by atoms with Crippen molar-refractivity contribution in [3.63, 3.8) is 0 Å². The fourth-order valence-corrected chi connectivity index (χ4v) is 5.61. The Morgan fingerprint density at radius 2 is 1.92 bits per heavy atom. The van der Waals surface area contributed by atoms with E-state index in [1.165, 1.54) is 11.3 Å². The maximum absolute atomic E-state index is 12.3. The second-order valence-corrected chi connectivity index (χ2v) is 11.9. The summed E-state index contributed by atoms with van der Waals surface area (Å²) in [6, 6.07) is 10.5. The molecule has 3 heterocycles. The van der Waals surface area contributed by atoms with Crippen LogP contribution >= 0.6 is 22.9 Å². The Hall–Kier alpha value is -3.60. The number of carboxylic acid groups (broad SMARTS) is 1. The average molecular weight is 571 g/mol. The van der Waals surface area contributed by atoms with Crippen LogP contribution in [-0.4, -0.2) is 37.6 Å². The van der Waals surface area contributed by atoms with Gasteiger partial charge in [-0.1, -0.05) is 50.6 Å². The van der Waals surface area contributed by atoms with E-state index in [0.717, 1.165) is 16.1 Å². The third kappa shape index (κ3) is 6.35. The molecule has 2 amide bonds. The normalized spacial score (nSPS) is 13.3. The van der Waals surface area contributed by atoms with Crippen LogP contribution in [0, 0.1) is 5.41 Å². The third-order valence-electron chi connectivity index (χ3n) is 6.51. The Kier molecular flexibility index (Phi) is 8.20. The van der Waals surface area contributed by atoms with Gasteiger partial charge < -0.3 is 26.0 Å². The van der Waals surface area contributed by atoms with Gasteiger partial charge in [-0.3, -0.25) is 9.20 Å². The highest BCUT2D eigenvalue weighted by Crippen LogP contribution is 2.39. The molecule has 11 heteroatoms. The van der Waals surface area contributed by atoms with E-state index in [2.05, 4.69) is 10.3 Å². The highest BCUT2D eigenvalue weighted by Gasteiger charge is 2.27. The van der Waals surface area contributed by atoms with E-state index in [-0.39, 0.29) is 22.9 Å². The summed E-state index contributed by atoms with van der Waals surface area (Å²) < 4.78 is 8.06. The van der Waals surface area contributed by atoms with Gasteiger partial charge in [0.1, 0.15) is 22.4 Å². The summed E-state index contributed by atoms with van der Waals surface area (Å²) in [6.07, 6.45) is 2.57. The number of hydrogen-bond acceptors (Lipinski definition) is 6. The van der Waals surface area contributed by atoms with Crippen LogP contribution < -0.4 is 15.8 Å². The first kappa shape index (κ1) is 28.4. The molecule has 0 aliphatic rings. The second kappa shape index (κ2) is 11.3. The van der Waals surface area contributed by atoms with Gasteiger partial charge in [-0.25, -0.2) is 9.78 Å². The predicted molar refractivity (Wildman–Crippen MR) is 152 cm³/mol. The van der Waals surface area contributed by atoms with Crippen LogP contribution in [-0.2, 0) is 13.0 Å². The minimum Gasteiger partial charge on any atom is -0.484 e. The third-order valence-corrected chi connectivity index (χ3v) is 7.99. The monoisotopic (exact) mass is 570 g/mol. The molecule has 2 atom stereocenters. The van der Waals surface area contributed by atoms with E-state index in [1.54, 1.807) is 30.5 Å². The minimum absolute atomic E-state index is 0.122. The molecule has 9 nitrogen and oxygen atoms in total. The van der Waals surface area contributed by atoms with E-state index in [4.69, 9.17) is 22.1 Å². The number of hydrogen-bond donors (Lipinski definition) is 4. The topological polar surface area (TPSA) is 139 Å². The van der Waals surface area contributed by atoms with Gasteiger partial charge in [-0.2, -0.15) is 0 Å². The zero-order valence-corrected chi connectivity index (χ0v) is 23.6. The summed E-state index contributed by atoms with van der Waals surface area (Å²) in [5.41, 5.74) is 9.17. The fraction of sp³-hybridized carbons (Fsp3) is 0.321. The Bertz CT molecular complexity index is 1520. The molecule has 0 saturated heterocycles. The Labute approximate surface area is 235 Å². The molecule has 0 radical (unpaired) electrons. The number of nitrogens with zero attached hydrogens (tertiary/aromatic N) is 2. The number of nitrogens with one attached hydrogen (secondary N) is 1. The zero-order valence-electron chi connectivity index (χ0n) is 22.1. The van der Waals surface area contributed by atoms with E-state index in [0.29, 0.717) is 34.0 Å². The molecule has 4 rings (SSSR count). The van der Waals surface area contributed by atoms with Crippen LogP contribution in [0.25, 0.3) is 16.2 Å². The number of imidazole rings is 1. The fourth-order valence-electron chi connectivity index (χ4n) is 4.30. The molecule has 0 aliphatic carbocycles. The molecular formula is C28H31ClN4O5S. The first-order valence-corrected chi connectivity index (χ1v) is 13.5. The maximum atomic E-state index is 12.3. The average Bonchev–Trinajstić information content (AvgIpc) is 3.46. The van der Waals surface area contributed by atoms with Crippen LogP contribution in [0.15, 0.2) is 48.8 Å². The van der Waals surface area contributed by atoms with E-state index in [9.17, 15) is 19.8 Å². The quantitative estimate of drug-likeness (QED) is 0.204. The van der Waals surface area contributed by atoms with E-state index < -0.39 is 18.1 Å². The standard InChI is InChI=1S/C28H31ClN4O5S/c1-15(18-7-5-17(14-34)9-19(18)29)38-21-11-22(39-25(21)26(30)35)20-12-31-24-8-6-16(13-33(20)24)10-23(28(2,3)4)32-27(36)37/h5-9,11-13,15,23,32,34H,10,14H2,1-4H3,(H2,30,35)(H,36,37)/t15-,23?/m1/s1. The van der Waals surface area contributed by atoms with Crippen molar-refractivity contribution in [2.75, 3.05) is 0 Å². The molecule has 0 aliphatic heterocycles. The van der Waals surface area contributed by atoms with Gasteiger partial charge in [-0.15, -0.1) is 11.3 Å². The first-order valence-electron chi connectivity index (χ1n) is 12.3. The molecule has 5 N–H and O–H groups in total. The van der Waals surface area contributed by atoms with Gasteiger partial charge in [-0.05, 0) is 42.0 Å². The largest absolute Gasteiger partial charge is 0.484 e. The number of benzene rings is 1. The molecule has 1 unspecified atom stereocenters. The van der Waals surface area contributed by atoms with Crippen molar-refractivity contribution in [1.82, 2.24) is 14.7 Å². The number of primary amides is 1. The number of fused-ring (bicyclic) bond motifs is 1. The summed E-state index contributed by atoms with van der Waals surface area (Å²) in [6.45, 7) is 7.66. The Morgan fingerprint density at radius 1 is 1.21 bits per heavy atom. The molecule has 0 bridgehead atoms. The van der Waals surface area contributed by atoms with Crippen LogP contribution in [0.3, 0.4) is 0 Å². The van der Waals surface area contributed by atoms with Crippen molar-refractivity contribution in [2.24, 2.45) is 11.1 Å². The lowest BCUT2D eigenvalue weighted by Crippen LogP contribution is -2.44. The smallest absolute Gasteiger partial charge is 0.404 e. The van der Waals surface area contributed by atoms with Crippen LogP contribution in [0.5, 0.6) is 5.75 Å². The Morgan fingerprint density at radius 3 is 2.54 bits per heavy atom. The predicted octanol–water partition coefficient (Wildman–Crippen LogP) is 5.67. The molecular weight excluding hydrogens is 540 g/mol. The zero-order chi connectivity index (χ0) is 28.5. The molecule has 0 saturated carbocycles. The molecule has 0 spiro atoms. The molecule has 4 aromatic rings. The number of halogens is 1. The van der Waals surface area contributed by atoms with Crippen molar-refractivity contribution in [1.29, 1.82) is 0 Å². The van der Waals surface area contributed by atoms with Crippen LogP contribution in [0.2, 0.25) is 5.02 Å². The summed E-state index contributed by atoms with van der Waals surface area (Å²) in [7, 11) is 0. The number of aromatic nitrogens is 2. The number of ether oxygens (including phenoxy) is 1. The first-order chi connectivity index (χ1) is 18.4. The summed E-state index contributed by atoms with van der Waals surface area (Å²) in [4.78, 5) is 29.2. The molecule has 0 fully saturated rings. The van der Waals surface area contributed by atoms with Gasteiger partial charge in [0.15, 0.2) is 0 Å². The number of aliphatic hydroxyl groups excluding tert-OH is 1. The lowest BCUT2D eigenvalue weighted by Gasteiger charge is -2.30. The van der Waals surface area contributed by atoms with Crippen molar-refractivity contribution >= 4 is 40.6 Å². The van der Waals surface area contributed by atoms with Gasteiger partial charge in [0, 0.05) is 28.9 Å². The minimum atomic E-state index is -1.07. The van der Waals surface area contributed by atoms with Crippen LogP contribution in [0.1, 0.15) is 60.2 Å². The number of amides is 2. The van der Waals surface area contributed by atoms with Crippen molar-refractivity contribution in [3.05, 3.63) is 75.4 Å². The number of aliphatic hydroxyl groups is 1. The molecule has 3 aromatic heterocycles. The highest BCUT2D eigenvalue weighted by molar-refractivity contribution is 7.17. The number of carbonyl (C=O) groups is 2. The number of thiophene rings is 1. The van der Waals surface area contributed by atoms with Crippen LogP contribution in [0.4, 0.5) is 4.79 Å². The second-order valence-electron chi connectivity index (χ2n) is 10.4. The molecule has 39 heavy (non-hydrogen) atoms. The van der Waals surface area contributed by atoms with Gasteiger partial charge >= 0.3 is 6.09 Å². The maximum Gasteiger partial charge on any atom is 0.404 e. The summed E-state index contributed by atoms with van der Waals surface area (Å²) >= 11 is 7.60. The van der Waals surface area contributed by atoms with Crippen molar-refractivity contribution < 1.29 is 24.5 Å². The summed E-state index contributed by atoms with van der Waals surface area (Å²) in [5.74, 6) is -0.278. The van der Waals surface area contributed by atoms with Gasteiger partial charge in [0.2, 0.25) is 0 Å². The number of pyridine rings is 1. The van der Waals surface area contributed by atoms with Gasteiger partial charge in [0.05, 0.1) is 23.4 Å². The van der Waals surface area contributed by atoms with Crippen molar-refractivity contribution in [3.8, 4) is 16.3 Å². The summed E-state index contributed by atoms with van der Waals surface area (Å²) in [5, 5.41) is 21.7. The highest BCUT2D eigenvalue weighted by atomic mass is 35.5. The number of carbonyl (C=O) groups excluding carboxylic acids is 1. The van der Waals surface area contributed by atoms with Crippen molar-refractivity contribution in [2.45, 2.75) is 52.9 Å². The SMILES string of the molecule is C[C@@H](Oc1cc(-c2cnc3ccc(CC(NC(=O)O)C(C)(C)C)cn23)sc1C(N)=O)c1ccc(CO)cc1Cl.